The molecule has 0 atom stereocenters. The summed E-state index contributed by atoms with van der Waals surface area (Å²) < 4.78 is 5.14. The van der Waals surface area contributed by atoms with Gasteiger partial charge in [0, 0.05) is 19.4 Å². The molecule has 2 N–H and O–H groups in total. The van der Waals surface area contributed by atoms with E-state index in [9.17, 15) is 0 Å². The predicted octanol–water partition coefficient (Wildman–Crippen LogP) is 0.845. The van der Waals surface area contributed by atoms with Gasteiger partial charge in [-0.05, 0) is 38.4 Å². The first-order valence-electron chi connectivity index (χ1n) is 6.55. The Morgan fingerprint density at radius 1 is 1.41 bits per heavy atom. The molecule has 0 aromatic carbocycles. The average molecular weight is 238 g/mol. The Morgan fingerprint density at radius 3 is 2.82 bits per heavy atom. The highest BCUT2D eigenvalue weighted by Crippen LogP contribution is 2.20. The molecule has 1 fully saturated rings. The molecule has 1 aliphatic heterocycles. The number of nitrogens with two attached hydrogens (primary N) is 1. The van der Waals surface area contributed by atoms with Crippen molar-refractivity contribution in [1.82, 2.24) is 15.0 Å². The lowest BCUT2D eigenvalue weighted by Gasteiger charge is -2.30. The number of nitrogens with zero attached hydrogens (tertiary/aromatic N) is 3. The van der Waals surface area contributed by atoms with E-state index in [4.69, 9.17) is 10.3 Å². The Kier molecular flexibility index (Phi) is 4.50. The summed E-state index contributed by atoms with van der Waals surface area (Å²) in [5.74, 6) is 2.23. The van der Waals surface area contributed by atoms with Crippen LogP contribution in [0.3, 0.4) is 0 Å². The van der Waals surface area contributed by atoms with Crippen LogP contribution in [0.15, 0.2) is 4.52 Å². The Labute approximate surface area is 102 Å². The molecule has 0 bridgehead atoms. The van der Waals surface area contributed by atoms with Crippen LogP contribution in [0.25, 0.3) is 0 Å². The number of rotatable bonds is 5. The molecule has 1 aromatic heterocycles. The lowest BCUT2D eigenvalue weighted by molar-refractivity contribution is 0.190. The van der Waals surface area contributed by atoms with Crippen molar-refractivity contribution in [3.8, 4) is 0 Å². The number of hydrogen-bond acceptors (Lipinski definition) is 5. The van der Waals surface area contributed by atoms with E-state index in [1.165, 1.54) is 25.9 Å². The Morgan fingerprint density at radius 2 is 2.18 bits per heavy atom. The molecule has 0 radical (unpaired) electrons. The molecule has 0 spiro atoms. The highest BCUT2D eigenvalue weighted by Gasteiger charge is 2.20. The van der Waals surface area contributed by atoms with Crippen LogP contribution in [-0.4, -0.2) is 41.2 Å². The van der Waals surface area contributed by atoms with Crippen LogP contribution >= 0.6 is 0 Å². The minimum absolute atomic E-state index is 0.566. The summed E-state index contributed by atoms with van der Waals surface area (Å²) >= 11 is 0. The van der Waals surface area contributed by atoms with Gasteiger partial charge in [-0.3, -0.25) is 0 Å². The molecule has 0 saturated carbocycles. The van der Waals surface area contributed by atoms with Gasteiger partial charge in [0.2, 0.25) is 5.89 Å². The molecule has 0 unspecified atom stereocenters. The molecule has 2 rings (SSSR count). The van der Waals surface area contributed by atoms with Gasteiger partial charge < -0.3 is 15.2 Å². The molecule has 2 heterocycles. The highest BCUT2D eigenvalue weighted by molar-refractivity contribution is 4.90. The van der Waals surface area contributed by atoms with E-state index in [1.807, 2.05) is 0 Å². The van der Waals surface area contributed by atoms with Crippen LogP contribution in [0.4, 0.5) is 0 Å². The zero-order chi connectivity index (χ0) is 12.1. The van der Waals surface area contributed by atoms with Crippen LogP contribution in [-0.2, 0) is 12.8 Å². The van der Waals surface area contributed by atoms with E-state index in [-0.39, 0.29) is 0 Å². The van der Waals surface area contributed by atoms with Gasteiger partial charge >= 0.3 is 0 Å². The van der Waals surface area contributed by atoms with Crippen LogP contribution in [0.5, 0.6) is 0 Å². The maximum absolute atomic E-state index is 5.45. The fourth-order valence-corrected chi connectivity index (χ4v) is 2.36. The third-order valence-corrected chi connectivity index (χ3v) is 3.49. The molecule has 0 amide bonds. The fourth-order valence-electron chi connectivity index (χ4n) is 2.36. The summed E-state index contributed by atoms with van der Waals surface area (Å²) in [6.07, 6.45) is 4.12. The molecule has 96 valence electrons. The van der Waals surface area contributed by atoms with Crippen molar-refractivity contribution in [3.63, 3.8) is 0 Å². The molecule has 5 nitrogen and oxygen atoms in total. The predicted molar refractivity (Wildman–Crippen MR) is 65.6 cm³/mol. The fraction of sp³-hybridized carbons (Fsp3) is 0.833. The van der Waals surface area contributed by atoms with Crippen LogP contribution < -0.4 is 5.73 Å². The topological polar surface area (TPSA) is 68.2 Å². The molecule has 5 heteroatoms. The van der Waals surface area contributed by atoms with Crippen LogP contribution in [0.1, 0.15) is 31.5 Å². The number of piperidine rings is 1. The third-order valence-electron chi connectivity index (χ3n) is 3.49. The van der Waals surface area contributed by atoms with Gasteiger partial charge in [0.05, 0.1) is 0 Å². The largest absolute Gasteiger partial charge is 0.339 e. The quantitative estimate of drug-likeness (QED) is 0.823. The van der Waals surface area contributed by atoms with Crippen molar-refractivity contribution in [1.29, 1.82) is 0 Å². The monoisotopic (exact) mass is 238 g/mol. The Hall–Kier alpha value is -0.940. The van der Waals surface area contributed by atoms with E-state index in [2.05, 4.69) is 22.0 Å². The molecule has 1 aromatic rings. The molecule has 1 aliphatic rings. The van der Waals surface area contributed by atoms with Gasteiger partial charge in [0.1, 0.15) is 0 Å². The van der Waals surface area contributed by atoms with Crippen molar-refractivity contribution < 1.29 is 4.52 Å². The first kappa shape index (κ1) is 12.5. The van der Waals surface area contributed by atoms with E-state index >= 15 is 0 Å². The third kappa shape index (κ3) is 3.51. The first-order valence-corrected chi connectivity index (χ1v) is 6.55. The van der Waals surface area contributed by atoms with E-state index in [0.29, 0.717) is 24.8 Å². The second-order valence-corrected chi connectivity index (χ2v) is 4.72. The second kappa shape index (κ2) is 6.12. The van der Waals surface area contributed by atoms with Gasteiger partial charge in [-0.2, -0.15) is 4.98 Å². The first-order chi connectivity index (χ1) is 8.31. The maximum atomic E-state index is 5.45. The normalized spacial score (nSPS) is 18.7. The summed E-state index contributed by atoms with van der Waals surface area (Å²) in [4.78, 5) is 6.85. The molecule has 1 saturated heterocycles. The van der Waals surface area contributed by atoms with Gasteiger partial charge in [-0.1, -0.05) is 12.1 Å². The number of likely N-dealkylation sites (tertiary alicyclic amines) is 1. The van der Waals surface area contributed by atoms with Crippen molar-refractivity contribution in [2.45, 2.75) is 32.6 Å². The molecular weight excluding hydrogens is 216 g/mol. The van der Waals surface area contributed by atoms with Gasteiger partial charge in [-0.15, -0.1) is 0 Å². The van der Waals surface area contributed by atoms with Crippen molar-refractivity contribution in [3.05, 3.63) is 11.7 Å². The zero-order valence-corrected chi connectivity index (χ0v) is 10.6. The summed E-state index contributed by atoms with van der Waals surface area (Å²) in [6, 6.07) is 0. The van der Waals surface area contributed by atoms with Gasteiger partial charge in [0.15, 0.2) is 5.82 Å². The van der Waals surface area contributed by atoms with E-state index in [0.717, 1.165) is 18.8 Å². The van der Waals surface area contributed by atoms with E-state index < -0.39 is 0 Å². The van der Waals surface area contributed by atoms with Crippen LogP contribution in [0, 0.1) is 5.92 Å². The summed E-state index contributed by atoms with van der Waals surface area (Å²) in [5.41, 5.74) is 5.45. The smallest absolute Gasteiger partial charge is 0.227 e. The molecule has 17 heavy (non-hydrogen) atoms. The number of hydrogen-bond donors (Lipinski definition) is 1. The minimum atomic E-state index is 0.566. The van der Waals surface area contributed by atoms with Crippen LogP contribution in [0.2, 0.25) is 0 Å². The van der Waals surface area contributed by atoms with Crippen molar-refractivity contribution in [2.24, 2.45) is 11.7 Å². The Balaban J connectivity index is 1.80. The van der Waals surface area contributed by atoms with Gasteiger partial charge in [0.25, 0.3) is 0 Å². The Bertz CT molecular complexity index is 331. The standard InChI is InChI=1S/C12H22N4O/c1-2-16-7-4-10(5-8-16)9-11-14-12(3-6-13)17-15-11/h10H,2-9,13H2,1H3. The average Bonchev–Trinajstić information content (AvgIpc) is 2.78. The minimum Gasteiger partial charge on any atom is -0.339 e. The lowest BCUT2D eigenvalue weighted by Crippen LogP contribution is -2.34. The highest BCUT2D eigenvalue weighted by atomic mass is 16.5. The number of aromatic nitrogens is 2. The maximum Gasteiger partial charge on any atom is 0.227 e. The molecule has 0 aliphatic carbocycles. The van der Waals surface area contributed by atoms with Gasteiger partial charge in [-0.25, -0.2) is 0 Å². The lowest BCUT2D eigenvalue weighted by atomic mass is 9.93. The van der Waals surface area contributed by atoms with Crippen molar-refractivity contribution in [2.75, 3.05) is 26.2 Å². The summed E-state index contributed by atoms with van der Waals surface area (Å²) in [7, 11) is 0. The SMILES string of the molecule is CCN1CCC(Cc2noc(CCN)n2)CC1. The zero-order valence-electron chi connectivity index (χ0n) is 10.6. The molecular formula is C12H22N4O. The van der Waals surface area contributed by atoms with Crippen molar-refractivity contribution >= 4 is 0 Å². The second-order valence-electron chi connectivity index (χ2n) is 4.72. The summed E-state index contributed by atoms with van der Waals surface area (Å²) in [5, 5.41) is 4.01. The van der Waals surface area contributed by atoms with E-state index in [1.54, 1.807) is 0 Å². The summed E-state index contributed by atoms with van der Waals surface area (Å²) in [6.45, 7) is 6.36.